The van der Waals surface area contributed by atoms with E-state index in [0.29, 0.717) is 12.5 Å². The van der Waals surface area contributed by atoms with Crippen molar-refractivity contribution in [3.8, 4) is 0 Å². The molecule has 1 aliphatic rings. The number of hydrogen-bond donors (Lipinski definition) is 3. The summed E-state index contributed by atoms with van der Waals surface area (Å²) >= 11 is 0. The molecule has 0 saturated carbocycles. The first-order valence-electron chi connectivity index (χ1n) is 7.95. The number of amides is 1. The van der Waals surface area contributed by atoms with Crippen molar-refractivity contribution in [3.63, 3.8) is 0 Å². The van der Waals surface area contributed by atoms with Crippen molar-refractivity contribution in [2.24, 2.45) is 5.92 Å². The molecule has 23 heavy (non-hydrogen) atoms. The molecule has 0 aromatic carbocycles. The van der Waals surface area contributed by atoms with E-state index >= 15 is 0 Å². The zero-order valence-electron chi connectivity index (χ0n) is 13.1. The minimum absolute atomic E-state index is 0.0774. The van der Waals surface area contributed by atoms with E-state index in [1.165, 1.54) is 31.3 Å². The molecule has 1 saturated heterocycles. The van der Waals surface area contributed by atoms with Crippen LogP contribution >= 0.6 is 0 Å². The Morgan fingerprint density at radius 3 is 2.96 bits per heavy atom. The number of piperidine rings is 1. The van der Waals surface area contributed by atoms with Gasteiger partial charge in [0.2, 0.25) is 15.9 Å². The second kappa shape index (κ2) is 8.95. The molecule has 3 N–H and O–H groups in total. The van der Waals surface area contributed by atoms with Gasteiger partial charge in [0.15, 0.2) is 0 Å². The van der Waals surface area contributed by atoms with E-state index in [-0.39, 0.29) is 23.8 Å². The summed E-state index contributed by atoms with van der Waals surface area (Å²) in [6.07, 6.45) is 6.26. The van der Waals surface area contributed by atoms with Gasteiger partial charge in [-0.05, 0) is 50.4 Å². The molecular formula is C15H24N4O3S. The highest BCUT2D eigenvalue weighted by Gasteiger charge is 2.15. The summed E-state index contributed by atoms with van der Waals surface area (Å²) in [5.74, 6) is 0.482. The Morgan fingerprint density at radius 1 is 1.39 bits per heavy atom. The molecule has 128 valence electrons. The third-order valence-corrected chi connectivity index (χ3v) is 5.31. The molecule has 0 bridgehead atoms. The van der Waals surface area contributed by atoms with Crippen LogP contribution in [0.1, 0.15) is 25.7 Å². The lowest BCUT2D eigenvalue weighted by Crippen LogP contribution is -2.34. The Balaban J connectivity index is 1.62. The lowest BCUT2D eigenvalue weighted by Gasteiger charge is -2.22. The van der Waals surface area contributed by atoms with Crippen molar-refractivity contribution in [3.05, 3.63) is 24.5 Å². The summed E-state index contributed by atoms with van der Waals surface area (Å²) in [6, 6.07) is 3.02. The Labute approximate surface area is 137 Å². The fourth-order valence-corrected chi connectivity index (χ4v) is 3.56. The van der Waals surface area contributed by atoms with Crippen molar-refractivity contribution >= 4 is 15.9 Å². The first-order chi connectivity index (χ1) is 11.1. The molecule has 1 aliphatic heterocycles. The van der Waals surface area contributed by atoms with Gasteiger partial charge in [-0.2, -0.15) is 0 Å². The quantitative estimate of drug-likeness (QED) is 0.630. The second-order valence-electron chi connectivity index (χ2n) is 5.69. The van der Waals surface area contributed by atoms with Gasteiger partial charge in [0, 0.05) is 31.9 Å². The molecule has 1 aromatic heterocycles. The van der Waals surface area contributed by atoms with E-state index in [9.17, 15) is 13.2 Å². The minimum atomic E-state index is -3.59. The summed E-state index contributed by atoms with van der Waals surface area (Å²) < 4.78 is 26.3. The molecule has 0 radical (unpaired) electrons. The average molecular weight is 340 g/mol. The van der Waals surface area contributed by atoms with Gasteiger partial charge in [-0.3, -0.25) is 9.78 Å². The van der Waals surface area contributed by atoms with Crippen LogP contribution in [0.2, 0.25) is 0 Å². The Hall–Kier alpha value is -1.51. The molecule has 2 heterocycles. The van der Waals surface area contributed by atoms with Crippen molar-refractivity contribution in [1.82, 2.24) is 20.3 Å². The molecule has 1 atom stereocenters. The van der Waals surface area contributed by atoms with Gasteiger partial charge < -0.3 is 10.6 Å². The lowest BCUT2D eigenvalue weighted by atomic mass is 9.96. The zero-order valence-corrected chi connectivity index (χ0v) is 13.9. The number of aromatic nitrogens is 1. The summed E-state index contributed by atoms with van der Waals surface area (Å²) in [5, 5.41) is 6.19. The molecule has 1 aromatic rings. The van der Waals surface area contributed by atoms with Gasteiger partial charge in [0.25, 0.3) is 0 Å². The van der Waals surface area contributed by atoms with Crippen molar-refractivity contribution in [2.45, 2.75) is 30.6 Å². The van der Waals surface area contributed by atoms with Crippen LogP contribution in [0, 0.1) is 5.92 Å². The van der Waals surface area contributed by atoms with Crippen molar-refractivity contribution in [1.29, 1.82) is 0 Å². The number of carbonyl (C=O) groups excluding carboxylic acids is 1. The number of nitrogens with zero attached hydrogens (tertiary/aromatic N) is 1. The first kappa shape index (κ1) is 17.8. The predicted octanol–water partition coefficient (Wildman–Crippen LogP) is 0.256. The Kier molecular flexibility index (Phi) is 6.94. The van der Waals surface area contributed by atoms with Crippen LogP contribution in [0.5, 0.6) is 0 Å². The molecule has 0 spiro atoms. The zero-order chi connectivity index (χ0) is 16.5. The Bertz CT molecular complexity index is 586. The van der Waals surface area contributed by atoms with Gasteiger partial charge in [0.1, 0.15) is 4.90 Å². The van der Waals surface area contributed by atoms with Crippen molar-refractivity contribution < 1.29 is 13.2 Å². The monoisotopic (exact) mass is 340 g/mol. The van der Waals surface area contributed by atoms with E-state index < -0.39 is 10.0 Å². The van der Waals surface area contributed by atoms with Crippen LogP contribution in [0.3, 0.4) is 0 Å². The third kappa shape index (κ3) is 6.25. The number of pyridine rings is 1. The Morgan fingerprint density at radius 2 is 2.26 bits per heavy atom. The normalized spacial score (nSPS) is 18.5. The van der Waals surface area contributed by atoms with Crippen LogP contribution in [-0.4, -0.2) is 45.5 Å². The van der Waals surface area contributed by atoms with Gasteiger partial charge in [-0.1, -0.05) is 0 Å². The largest absolute Gasteiger partial charge is 0.356 e. The molecule has 1 amide bonds. The number of hydrogen-bond acceptors (Lipinski definition) is 5. The molecule has 2 rings (SSSR count). The smallest absolute Gasteiger partial charge is 0.242 e. The molecule has 0 aliphatic carbocycles. The van der Waals surface area contributed by atoms with E-state index in [1.807, 2.05) is 0 Å². The SMILES string of the molecule is O=C(CCNS(=O)(=O)c1cccnc1)NCCC1CCCNC1. The van der Waals surface area contributed by atoms with E-state index in [2.05, 4.69) is 20.3 Å². The average Bonchev–Trinajstić information content (AvgIpc) is 2.56. The highest BCUT2D eigenvalue weighted by atomic mass is 32.2. The fourth-order valence-electron chi connectivity index (χ4n) is 2.56. The van der Waals surface area contributed by atoms with Gasteiger partial charge in [0.05, 0.1) is 0 Å². The maximum Gasteiger partial charge on any atom is 0.242 e. The van der Waals surface area contributed by atoms with Gasteiger partial charge in [-0.15, -0.1) is 0 Å². The number of sulfonamides is 1. The molecule has 1 unspecified atom stereocenters. The van der Waals surface area contributed by atoms with Crippen molar-refractivity contribution in [2.75, 3.05) is 26.2 Å². The van der Waals surface area contributed by atoms with Crippen LogP contribution in [0.4, 0.5) is 0 Å². The van der Waals surface area contributed by atoms with Crippen LogP contribution in [0.25, 0.3) is 0 Å². The number of nitrogens with one attached hydrogen (secondary N) is 3. The van der Waals surface area contributed by atoms with Crippen LogP contribution < -0.4 is 15.4 Å². The molecule has 8 heteroatoms. The predicted molar refractivity (Wildman–Crippen MR) is 87.3 cm³/mol. The summed E-state index contributed by atoms with van der Waals surface area (Å²) in [7, 11) is -3.59. The molecular weight excluding hydrogens is 316 g/mol. The van der Waals surface area contributed by atoms with E-state index in [4.69, 9.17) is 0 Å². The second-order valence-corrected chi connectivity index (χ2v) is 7.45. The fraction of sp³-hybridized carbons (Fsp3) is 0.600. The first-order valence-corrected chi connectivity index (χ1v) is 9.43. The van der Waals surface area contributed by atoms with Gasteiger partial charge >= 0.3 is 0 Å². The molecule has 7 nitrogen and oxygen atoms in total. The maximum absolute atomic E-state index is 11.9. The maximum atomic E-state index is 11.9. The van der Waals surface area contributed by atoms with Crippen LogP contribution in [0.15, 0.2) is 29.4 Å². The molecule has 1 fully saturated rings. The lowest BCUT2D eigenvalue weighted by molar-refractivity contribution is -0.120. The third-order valence-electron chi connectivity index (χ3n) is 3.86. The van der Waals surface area contributed by atoms with E-state index in [0.717, 1.165) is 19.5 Å². The minimum Gasteiger partial charge on any atom is -0.356 e. The highest BCUT2D eigenvalue weighted by molar-refractivity contribution is 7.89. The highest BCUT2D eigenvalue weighted by Crippen LogP contribution is 2.12. The topological polar surface area (TPSA) is 100 Å². The van der Waals surface area contributed by atoms with E-state index in [1.54, 1.807) is 6.07 Å². The van der Waals surface area contributed by atoms with Crippen LogP contribution in [-0.2, 0) is 14.8 Å². The summed E-state index contributed by atoms with van der Waals surface area (Å²) in [6.45, 7) is 2.81. The van der Waals surface area contributed by atoms with Gasteiger partial charge in [-0.25, -0.2) is 13.1 Å². The summed E-state index contributed by atoms with van der Waals surface area (Å²) in [5.41, 5.74) is 0. The number of carbonyl (C=O) groups is 1. The number of rotatable bonds is 8. The standard InChI is InChI=1S/C15H24N4O3S/c20-15(18-9-5-13-3-1-7-16-11-13)6-10-19-23(21,22)14-4-2-8-17-12-14/h2,4,8,12-13,16,19H,1,3,5-7,9-11H2,(H,18,20). The summed E-state index contributed by atoms with van der Waals surface area (Å²) in [4.78, 5) is 15.6.